The monoisotopic (exact) mass is 292 g/mol. The first kappa shape index (κ1) is 14.5. The second-order valence-corrected chi connectivity index (χ2v) is 4.75. The normalized spacial score (nSPS) is 11.8. The summed E-state index contributed by atoms with van der Waals surface area (Å²) in [5, 5.41) is 3.90. The van der Waals surface area contributed by atoms with Gasteiger partial charge in [0.15, 0.2) is 0 Å². The minimum absolute atomic E-state index is 0.0852. The molecule has 0 fully saturated rings. The van der Waals surface area contributed by atoms with E-state index in [-0.39, 0.29) is 6.04 Å². The minimum atomic E-state index is 0.0852. The van der Waals surface area contributed by atoms with Crippen LogP contribution in [-0.2, 0) is 0 Å². The van der Waals surface area contributed by atoms with Crippen LogP contribution in [0.25, 0.3) is 0 Å². The molecule has 0 saturated heterocycles. The van der Waals surface area contributed by atoms with E-state index in [2.05, 4.69) is 17.2 Å². The fourth-order valence-corrected chi connectivity index (χ4v) is 2.16. The van der Waals surface area contributed by atoms with Gasteiger partial charge in [0.2, 0.25) is 0 Å². The van der Waals surface area contributed by atoms with Gasteiger partial charge in [-0.2, -0.15) is 0 Å². The van der Waals surface area contributed by atoms with Crippen molar-refractivity contribution >= 4 is 17.3 Å². The number of aromatic nitrogens is 1. The van der Waals surface area contributed by atoms with Crippen LogP contribution in [0.4, 0.5) is 5.69 Å². The Morgan fingerprint density at radius 2 is 1.95 bits per heavy atom. The maximum absolute atomic E-state index is 6.16. The highest BCUT2D eigenvalue weighted by Crippen LogP contribution is 2.37. The smallest absolute Gasteiger partial charge is 0.145 e. The molecule has 1 unspecified atom stereocenters. The van der Waals surface area contributed by atoms with E-state index in [1.165, 1.54) is 0 Å². The Morgan fingerprint density at radius 3 is 2.55 bits per heavy atom. The van der Waals surface area contributed by atoms with Crippen molar-refractivity contribution in [2.45, 2.75) is 13.0 Å². The Morgan fingerprint density at radius 1 is 1.20 bits per heavy atom. The van der Waals surface area contributed by atoms with Crippen LogP contribution in [-0.4, -0.2) is 19.2 Å². The third-order valence-corrected chi connectivity index (χ3v) is 3.33. The van der Waals surface area contributed by atoms with Crippen LogP contribution >= 0.6 is 11.6 Å². The number of nitrogens with one attached hydrogen (secondary N) is 1. The topological polar surface area (TPSA) is 43.4 Å². The number of rotatable bonds is 5. The molecule has 106 valence electrons. The van der Waals surface area contributed by atoms with Crippen molar-refractivity contribution in [2.75, 3.05) is 19.5 Å². The molecule has 4 nitrogen and oxygen atoms in total. The average Bonchev–Trinajstić information content (AvgIpc) is 2.48. The number of methoxy groups -OCH3 is 2. The lowest BCUT2D eigenvalue weighted by Gasteiger charge is -2.18. The van der Waals surface area contributed by atoms with Crippen LogP contribution in [0.2, 0.25) is 5.02 Å². The van der Waals surface area contributed by atoms with Gasteiger partial charge in [0.1, 0.15) is 11.5 Å². The van der Waals surface area contributed by atoms with E-state index in [9.17, 15) is 0 Å². The molecule has 2 rings (SSSR count). The Kier molecular flexibility index (Phi) is 4.69. The van der Waals surface area contributed by atoms with Crippen molar-refractivity contribution in [3.63, 3.8) is 0 Å². The second kappa shape index (κ2) is 6.48. The zero-order valence-corrected chi connectivity index (χ0v) is 12.4. The zero-order valence-electron chi connectivity index (χ0n) is 11.7. The molecule has 1 N–H and O–H groups in total. The molecule has 0 saturated carbocycles. The molecule has 0 aliphatic rings. The van der Waals surface area contributed by atoms with E-state index >= 15 is 0 Å². The summed E-state index contributed by atoms with van der Waals surface area (Å²) in [5.74, 6) is 1.27. The number of ether oxygens (including phenoxy) is 2. The van der Waals surface area contributed by atoms with E-state index in [0.29, 0.717) is 16.5 Å². The number of hydrogen-bond acceptors (Lipinski definition) is 4. The quantitative estimate of drug-likeness (QED) is 0.907. The molecule has 0 spiro atoms. The van der Waals surface area contributed by atoms with E-state index < -0.39 is 0 Å². The van der Waals surface area contributed by atoms with Gasteiger partial charge in [-0.1, -0.05) is 17.7 Å². The molecule has 1 aromatic carbocycles. The first-order valence-electron chi connectivity index (χ1n) is 6.23. The van der Waals surface area contributed by atoms with E-state index in [4.69, 9.17) is 21.1 Å². The summed E-state index contributed by atoms with van der Waals surface area (Å²) in [7, 11) is 3.19. The van der Waals surface area contributed by atoms with Gasteiger partial charge in [-0.3, -0.25) is 4.98 Å². The van der Waals surface area contributed by atoms with Gasteiger partial charge in [0.05, 0.1) is 31.0 Å². The van der Waals surface area contributed by atoms with E-state index in [1.54, 1.807) is 32.5 Å². The summed E-state index contributed by atoms with van der Waals surface area (Å²) >= 11 is 6.16. The van der Waals surface area contributed by atoms with Crippen LogP contribution < -0.4 is 14.8 Å². The summed E-state index contributed by atoms with van der Waals surface area (Å²) in [4.78, 5) is 4.12. The highest BCUT2D eigenvalue weighted by molar-refractivity contribution is 6.32. The first-order chi connectivity index (χ1) is 9.65. The predicted molar refractivity (Wildman–Crippen MR) is 80.8 cm³/mol. The van der Waals surface area contributed by atoms with E-state index in [0.717, 1.165) is 11.3 Å². The van der Waals surface area contributed by atoms with Gasteiger partial charge < -0.3 is 14.8 Å². The van der Waals surface area contributed by atoms with Crippen molar-refractivity contribution in [2.24, 2.45) is 0 Å². The Labute approximate surface area is 123 Å². The molecule has 0 aliphatic carbocycles. The average molecular weight is 293 g/mol. The van der Waals surface area contributed by atoms with Crippen molar-refractivity contribution in [1.82, 2.24) is 4.98 Å². The molecule has 0 aliphatic heterocycles. The number of pyridine rings is 1. The van der Waals surface area contributed by atoms with Gasteiger partial charge in [-0.05, 0) is 24.6 Å². The summed E-state index contributed by atoms with van der Waals surface area (Å²) in [6.07, 6.45) is 3.58. The lowest BCUT2D eigenvalue weighted by Crippen LogP contribution is -2.08. The fraction of sp³-hybridized carbons (Fsp3) is 0.267. The molecule has 1 aromatic heterocycles. The zero-order chi connectivity index (χ0) is 14.5. The van der Waals surface area contributed by atoms with Crippen molar-refractivity contribution in [1.29, 1.82) is 0 Å². The van der Waals surface area contributed by atoms with Crippen molar-refractivity contribution in [3.05, 3.63) is 47.2 Å². The van der Waals surface area contributed by atoms with Crippen molar-refractivity contribution in [3.8, 4) is 11.5 Å². The van der Waals surface area contributed by atoms with Gasteiger partial charge in [-0.15, -0.1) is 0 Å². The second-order valence-electron chi connectivity index (χ2n) is 4.34. The van der Waals surface area contributed by atoms with Crippen LogP contribution in [0, 0.1) is 0 Å². The van der Waals surface area contributed by atoms with Gasteiger partial charge >= 0.3 is 0 Å². The maximum Gasteiger partial charge on any atom is 0.145 e. The van der Waals surface area contributed by atoms with Gasteiger partial charge in [-0.25, -0.2) is 0 Å². The third kappa shape index (κ3) is 3.14. The molecule has 0 bridgehead atoms. The molecule has 0 amide bonds. The minimum Gasteiger partial charge on any atom is -0.495 e. The van der Waals surface area contributed by atoms with Crippen LogP contribution in [0.3, 0.4) is 0 Å². The number of nitrogens with zero attached hydrogens (tertiary/aromatic N) is 1. The lowest BCUT2D eigenvalue weighted by molar-refractivity contribution is 0.395. The maximum atomic E-state index is 6.16. The Bertz CT molecular complexity index is 576. The van der Waals surface area contributed by atoms with Gasteiger partial charge in [0, 0.05) is 18.5 Å². The molecule has 20 heavy (non-hydrogen) atoms. The molecular formula is C15H17ClN2O2. The SMILES string of the molecule is COc1cc(OC)c(NC(C)c2cccnc2)cc1Cl. The summed E-state index contributed by atoms with van der Waals surface area (Å²) in [6.45, 7) is 2.05. The van der Waals surface area contributed by atoms with Crippen LogP contribution in [0.5, 0.6) is 11.5 Å². The number of hydrogen-bond donors (Lipinski definition) is 1. The fourth-order valence-electron chi connectivity index (χ4n) is 1.92. The van der Waals surface area contributed by atoms with E-state index in [1.807, 2.05) is 18.3 Å². The third-order valence-electron chi connectivity index (χ3n) is 3.03. The van der Waals surface area contributed by atoms with Crippen molar-refractivity contribution < 1.29 is 9.47 Å². The highest BCUT2D eigenvalue weighted by atomic mass is 35.5. The van der Waals surface area contributed by atoms with Crippen LogP contribution in [0.15, 0.2) is 36.7 Å². The number of halogens is 1. The molecule has 1 atom stereocenters. The Hall–Kier alpha value is -1.94. The first-order valence-corrected chi connectivity index (χ1v) is 6.61. The molecular weight excluding hydrogens is 276 g/mol. The standard InChI is InChI=1S/C15H17ClN2O2/c1-10(11-5-4-6-17-9-11)18-13-7-12(16)14(19-2)8-15(13)20-3/h4-10,18H,1-3H3. The number of anilines is 1. The van der Waals surface area contributed by atoms with Gasteiger partial charge in [0.25, 0.3) is 0 Å². The molecule has 1 heterocycles. The highest BCUT2D eigenvalue weighted by Gasteiger charge is 2.13. The summed E-state index contributed by atoms with van der Waals surface area (Å²) in [6, 6.07) is 7.57. The summed E-state index contributed by atoms with van der Waals surface area (Å²) in [5.41, 5.74) is 1.90. The number of benzene rings is 1. The summed E-state index contributed by atoms with van der Waals surface area (Å²) < 4.78 is 10.5. The molecule has 0 radical (unpaired) electrons. The molecule has 5 heteroatoms. The van der Waals surface area contributed by atoms with Crippen LogP contribution in [0.1, 0.15) is 18.5 Å². The largest absolute Gasteiger partial charge is 0.495 e. The molecule has 2 aromatic rings. The lowest BCUT2D eigenvalue weighted by atomic mass is 10.1. The Balaban J connectivity index is 2.27. The predicted octanol–water partition coefficient (Wildman–Crippen LogP) is 3.93.